The fourth-order valence-electron chi connectivity index (χ4n) is 2.09. The maximum absolute atomic E-state index is 5.88. The van der Waals surface area contributed by atoms with E-state index in [0.29, 0.717) is 17.3 Å². The number of rotatable bonds is 2. The Morgan fingerprint density at radius 3 is 2.50 bits per heavy atom. The quantitative estimate of drug-likeness (QED) is 0.736. The largest absolute Gasteiger partial charge is 0.398 e. The molecule has 1 saturated carbocycles. The maximum Gasteiger partial charge on any atom is 0.0635 e. The summed E-state index contributed by atoms with van der Waals surface area (Å²) in [7, 11) is 0. The second-order valence-corrected chi connectivity index (χ2v) is 4.48. The van der Waals surface area contributed by atoms with Gasteiger partial charge in [-0.05, 0) is 30.5 Å². The maximum atomic E-state index is 5.88. The van der Waals surface area contributed by atoms with Crippen molar-refractivity contribution < 1.29 is 0 Å². The number of hydrogen-bond acceptors (Lipinski definition) is 2. The van der Waals surface area contributed by atoms with Crippen molar-refractivity contribution in [3.8, 4) is 0 Å². The van der Waals surface area contributed by atoms with Crippen molar-refractivity contribution in [2.24, 2.45) is 5.73 Å². The number of benzene rings is 1. The van der Waals surface area contributed by atoms with Gasteiger partial charge in [0.1, 0.15) is 0 Å². The molecule has 76 valence electrons. The van der Waals surface area contributed by atoms with Crippen LogP contribution in [0.3, 0.4) is 0 Å². The fraction of sp³-hybridized carbons (Fsp3) is 0.455. The summed E-state index contributed by atoms with van der Waals surface area (Å²) >= 11 is 5.88. The van der Waals surface area contributed by atoms with Crippen LogP contribution in [0, 0.1) is 0 Å². The molecule has 1 aromatic carbocycles. The van der Waals surface area contributed by atoms with Crippen LogP contribution in [0.1, 0.15) is 24.8 Å². The minimum atomic E-state index is 0.179. The Morgan fingerprint density at radius 1 is 1.36 bits per heavy atom. The highest BCUT2D eigenvalue weighted by atomic mass is 35.5. The van der Waals surface area contributed by atoms with Gasteiger partial charge < -0.3 is 11.5 Å². The van der Waals surface area contributed by atoms with E-state index < -0.39 is 0 Å². The van der Waals surface area contributed by atoms with Crippen molar-refractivity contribution in [2.75, 3.05) is 12.3 Å². The molecule has 0 unspecified atom stereocenters. The summed E-state index contributed by atoms with van der Waals surface area (Å²) in [6, 6.07) is 5.88. The van der Waals surface area contributed by atoms with Crippen molar-refractivity contribution in [2.45, 2.75) is 24.7 Å². The third kappa shape index (κ3) is 1.39. The molecule has 0 aliphatic heterocycles. The molecule has 1 fully saturated rings. The first-order chi connectivity index (χ1) is 6.68. The van der Waals surface area contributed by atoms with Gasteiger partial charge in [-0.1, -0.05) is 24.1 Å². The Morgan fingerprint density at radius 2 is 2.07 bits per heavy atom. The summed E-state index contributed by atoms with van der Waals surface area (Å²) in [5.74, 6) is 0. The third-order valence-electron chi connectivity index (χ3n) is 3.31. The van der Waals surface area contributed by atoms with E-state index in [-0.39, 0.29) is 5.41 Å². The first-order valence-corrected chi connectivity index (χ1v) is 5.31. The molecular weight excluding hydrogens is 196 g/mol. The zero-order valence-corrected chi connectivity index (χ0v) is 8.85. The zero-order chi connectivity index (χ0) is 10.2. The number of nitrogens with two attached hydrogens (primary N) is 2. The topological polar surface area (TPSA) is 52.0 Å². The lowest BCUT2D eigenvalue weighted by Gasteiger charge is -2.41. The molecule has 4 N–H and O–H groups in total. The van der Waals surface area contributed by atoms with E-state index >= 15 is 0 Å². The highest BCUT2D eigenvalue weighted by molar-refractivity contribution is 6.33. The predicted octanol–water partition coefficient (Wildman–Crippen LogP) is 2.30. The predicted molar refractivity (Wildman–Crippen MR) is 60.4 cm³/mol. The average Bonchev–Trinajstić information content (AvgIpc) is 2.10. The number of nitrogen functional groups attached to an aromatic ring is 1. The smallest absolute Gasteiger partial charge is 0.0635 e. The Hall–Kier alpha value is -0.730. The molecule has 0 amide bonds. The molecule has 2 nitrogen and oxygen atoms in total. The molecule has 0 spiro atoms. The second kappa shape index (κ2) is 3.44. The van der Waals surface area contributed by atoms with Gasteiger partial charge in [-0.2, -0.15) is 0 Å². The Labute approximate surface area is 89.2 Å². The van der Waals surface area contributed by atoms with Crippen molar-refractivity contribution in [1.29, 1.82) is 0 Å². The molecule has 0 saturated heterocycles. The minimum Gasteiger partial charge on any atom is -0.398 e. The van der Waals surface area contributed by atoms with Crippen molar-refractivity contribution in [3.05, 3.63) is 28.8 Å². The van der Waals surface area contributed by atoms with E-state index in [4.69, 9.17) is 23.1 Å². The van der Waals surface area contributed by atoms with Gasteiger partial charge in [0.05, 0.1) is 10.7 Å². The summed E-state index contributed by atoms with van der Waals surface area (Å²) < 4.78 is 0. The highest BCUT2D eigenvalue weighted by Gasteiger charge is 2.37. The van der Waals surface area contributed by atoms with Gasteiger partial charge in [-0.25, -0.2) is 0 Å². The lowest BCUT2D eigenvalue weighted by atomic mass is 9.64. The average molecular weight is 211 g/mol. The van der Waals surface area contributed by atoms with Gasteiger partial charge in [0, 0.05) is 12.0 Å². The molecule has 1 aliphatic rings. The van der Waals surface area contributed by atoms with E-state index in [0.717, 1.165) is 0 Å². The normalized spacial score (nSPS) is 19.0. The third-order valence-corrected chi connectivity index (χ3v) is 3.65. The van der Waals surface area contributed by atoms with E-state index in [2.05, 4.69) is 0 Å². The molecule has 2 rings (SSSR count). The van der Waals surface area contributed by atoms with E-state index in [1.165, 1.54) is 24.8 Å². The van der Waals surface area contributed by atoms with Gasteiger partial charge >= 0.3 is 0 Å². The Balaban J connectivity index is 2.36. The molecular formula is C11H15ClN2. The number of hydrogen-bond donors (Lipinski definition) is 2. The number of anilines is 1. The molecule has 0 aromatic heterocycles. The molecule has 0 heterocycles. The van der Waals surface area contributed by atoms with Gasteiger partial charge in [-0.15, -0.1) is 0 Å². The van der Waals surface area contributed by atoms with E-state index in [9.17, 15) is 0 Å². The van der Waals surface area contributed by atoms with Gasteiger partial charge in [0.2, 0.25) is 0 Å². The standard InChI is InChI=1S/C11H15ClN2/c12-9-3-2-8(6-10(9)14)11(7-13)4-1-5-11/h2-3,6H,1,4-5,7,13-14H2. The monoisotopic (exact) mass is 210 g/mol. The SMILES string of the molecule is NCC1(c2ccc(Cl)c(N)c2)CCC1. The highest BCUT2D eigenvalue weighted by Crippen LogP contribution is 2.43. The van der Waals surface area contributed by atoms with Crippen LogP contribution in [0.4, 0.5) is 5.69 Å². The van der Waals surface area contributed by atoms with Crippen LogP contribution in [-0.4, -0.2) is 6.54 Å². The van der Waals surface area contributed by atoms with Crippen LogP contribution in [0.5, 0.6) is 0 Å². The summed E-state index contributed by atoms with van der Waals surface area (Å²) in [5, 5.41) is 0.625. The molecule has 0 bridgehead atoms. The summed E-state index contributed by atoms with van der Waals surface area (Å²) in [5.41, 5.74) is 13.7. The van der Waals surface area contributed by atoms with Crippen LogP contribution in [-0.2, 0) is 5.41 Å². The van der Waals surface area contributed by atoms with Crippen LogP contribution in [0.2, 0.25) is 5.02 Å². The molecule has 1 aliphatic carbocycles. The lowest BCUT2D eigenvalue weighted by Crippen LogP contribution is -2.41. The second-order valence-electron chi connectivity index (χ2n) is 4.07. The van der Waals surface area contributed by atoms with Crippen molar-refractivity contribution in [3.63, 3.8) is 0 Å². The van der Waals surface area contributed by atoms with E-state index in [1.807, 2.05) is 18.2 Å². The van der Waals surface area contributed by atoms with Gasteiger partial charge in [0.25, 0.3) is 0 Å². The Kier molecular flexibility index (Phi) is 2.41. The molecule has 3 heteroatoms. The van der Waals surface area contributed by atoms with Crippen LogP contribution >= 0.6 is 11.6 Å². The first-order valence-electron chi connectivity index (χ1n) is 4.93. The van der Waals surface area contributed by atoms with Crippen molar-refractivity contribution >= 4 is 17.3 Å². The summed E-state index contributed by atoms with van der Waals surface area (Å²) in [6.07, 6.45) is 3.61. The van der Waals surface area contributed by atoms with Crippen molar-refractivity contribution in [1.82, 2.24) is 0 Å². The van der Waals surface area contributed by atoms with Crippen LogP contribution in [0.25, 0.3) is 0 Å². The molecule has 0 atom stereocenters. The van der Waals surface area contributed by atoms with Gasteiger partial charge in [0.15, 0.2) is 0 Å². The number of halogens is 1. The van der Waals surface area contributed by atoms with E-state index in [1.54, 1.807) is 0 Å². The summed E-state index contributed by atoms with van der Waals surface area (Å²) in [6.45, 7) is 0.702. The van der Waals surface area contributed by atoms with Crippen LogP contribution < -0.4 is 11.5 Å². The molecule has 14 heavy (non-hydrogen) atoms. The zero-order valence-electron chi connectivity index (χ0n) is 8.09. The lowest BCUT2D eigenvalue weighted by molar-refractivity contribution is 0.253. The van der Waals surface area contributed by atoms with Crippen LogP contribution in [0.15, 0.2) is 18.2 Å². The molecule has 1 aromatic rings. The Bertz CT molecular complexity index is 340. The van der Waals surface area contributed by atoms with Gasteiger partial charge in [-0.3, -0.25) is 0 Å². The minimum absolute atomic E-state index is 0.179. The molecule has 0 radical (unpaired) electrons. The first kappa shape index (κ1) is 9.81. The fourth-order valence-corrected chi connectivity index (χ4v) is 2.21. The summed E-state index contributed by atoms with van der Waals surface area (Å²) in [4.78, 5) is 0.